The van der Waals surface area contributed by atoms with Gasteiger partial charge < -0.3 is 28.8 Å². The zero-order chi connectivity index (χ0) is 29.4. The van der Waals surface area contributed by atoms with Crippen molar-refractivity contribution >= 4 is 44.1 Å². The van der Waals surface area contributed by atoms with E-state index in [1.165, 1.54) is 37.6 Å². The van der Waals surface area contributed by atoms with E-state index in [2.05, 4.69) is 4.98 Å². The number of rotatable bonds is 8. The number of benzene rings is 3. The number of fused-ring (bicyclic) bond motifs is 1. The molecule has 41 heavy (non-hydrogen) atoms. The summed E-state index contributed by atoms with van der Waals surface area (Å²) < 4.78 is 28.0. The van der Waals surface area contributed by atoms with Gasteiger partial charge in [0.2, 0.25) is 5.75 Å². The first-order chi connectivity index (χ1) is 19.8. The van der Waals surface area contributed by atoms with Crippen molar-refractivity contribution in [1.82, 2.24) is 4.98 Å². The Kier molecular flexibility index (Phi) is 7.46. The molecule has 1 aromatic heterocycles. The summed E-state index contributed by atoms with van der Waals surface area (Å²) in [5, 5.41) is 11.9. The van der Waals surface area contributed by atoms with Gasteiger partial charge in [0.15, 0.2) is 16.6 Å². The topological polar surface area (TPSA) is 117 Å². The predicted molar refractivity (Wildman–Crippen MR) is 155 cm³/mol. The van der Waals surface area contributed by atoms with E-state index < -0.39 is 17.7 Å². The fourth-order valence-corrected chi connectivity index (χ4v) is 5.93. The summed E-state index contributed by atoms with van der Waals surface area (Å²) in [7, 11) is 7.53. The number of ketones is 1. The molecule has 4 aromatic rings. The third kappa shape index (κ3) is 4.67. The largest absolute Gasteiger partial charge is 0.507 e. The highest BCUT2D eigenvalue weighted by Gasteiger charge is 2.48. The number of methoxy groups -OCH3 is 5. The predicted octanol–water partition coefficient (Wildman–Crippen LogP) is 5.27. The molecule has 1 aliphatic heterocycles. The maximum absolute atomic E-state index is 13.7. The van der Waals surface area contributed by atoms with Gasteiger partial charge in [0, 0.05) is 5.56 Å². The van der Waals surface area contributed by atoms with E-state index in [0.717, 1.165) is 10.3 Å². The minimum absolute atomic E-state index is 0.106. The van der Waals surface area contributed by atoms with Crippen molar-refractivity contribution in [2.75, 3.05) is 40.4 Å². The molecule has 0 unspecified atom stereocenters. The van der Waals surface area contributed by atoms with E-state index in [1.807, 2.05) is 13.0 Å². The van der Waals surface area contributed by atoms with E-state index in [1.54, 1.807) is 56.7 Å². The third-order valence-corrected chi connectivity index (χ3v) is 7.92. The molecule has 1 atom stereocenters. The summed E-state index contributed by atoms with van der Waals surface area (Å²) in [6.45, 7) is 1.82. The van der Waals surface area contributed by atoms with Gasteiger partial charge in [-0.05, 0) is 66.6 Å². The first-order valence-corrected chi connectivity index (χ1v) is 13.3. The number of aromatic nitrogens is 1. The molecule has 2 heterocycles. The van der Waals surface area contributed by atoms with Crippen LogP contribution in [-0.2, 0) is 9.59 Å². The second-order valence-corrected chi connectivity index (χ2v) is 10.2. The second kappa shape index (κ2) is 11.0. The summed E-state index contributed by atoms with van der Waals surface area (Å²) in [5.74, 6) is 0.210. The van der Waals surface area contributed by atoms with Crippen LogP contribution in [0.5, 0.6) is 28.7 Å². The van der Waals surface area contributed by atoms with Crippen LogP contribution in [0.25, 0.3) is 16.0 Å². The highest BCUT2D eigenvalue weighted by atomic mass is 32.1. The van der Waals surface area contributed by atoms with E-state index in [4.69, 9.17) is 23.7 Å². The standard InChI is InChI=1S/C30H28N2O8S/c1-15-11-16(7-10-20(15)37-3)26(33)24-25(17-12-21(38-4)28(40-6)22(13-17)39-5)32(29(35)27(24)34)30-31-19-9-8-18(36-2)14-23(19)41-30/h7-14,25,33H,1-6H3/b26-24+/t25-/m1/s1. The van der Waals surface area contributed by atoms with Gasteiger partial charge in [-0.3, -0.25) is 14.5 Å². The summed E-state index contributed by atoms with van der Waals surface area (Å²) in [6, 6.07) is 12.6. The Labute approximate surface area is 240 Å². The molecule has 0 aliphatic carbocycles. The lowest BCUT2D eigenvalue weighted by atomic mass is 9.94. The average molecular weight is 577 g/mol. The number of aryl methyl sites for hydroxylation is 1. The number of aliphatic hydroxyl groups excluding tert-OH is 1. The van der Waals surface area contributed by atoms with Crippen molar-refractivity contribution in [2.45, 2.75) is 13.0 Å². The molecule has 1 saturated heterocycles. The van der Waals surface area contributed by atoms with Crippen molar-refractivity contribution in [2.24, 2.45) is 0 Å². The number of hydrogen-bond donors (Lipinski definition) is 1. The molecule has 0 saturated carbocycles. The first-order valence-electron chi connectivity index (χ1n) is 12.5. The number of nitrogens with zero attached hydrogens (tertiary/aromatic N) is 2. The van der Waals surface area contributed by atoms with Crippen LogP contribution in [0, 0.1) is 6.92 Å². The Morgan fingerprint density at radius 3 is 2.12 bits per heavy atom. The molecule has 0 spiro atoms. The quantitative estimate of drug-likeness (QED) is 0.170. The Morgan fingerprint density at radius 1 is 0.854 bits per heavy atom. The molecule has 3 aromatic carbocycles. The molecule has 11 heteroatoms. The molecule has 10 nitrogen and oxygen atoms in total. The van der Waals surface area contributed by atoms with Crippen LogP contribution in [0.3, 0.4) is 0 Å². The van der Waals surface area contributed by atoms with Gasteiger partial charge in [-0.25, -0.2) is 4.98 Å². The minimum Gasteiger partial charge on any atom is -0.507 e. The van der Waals surface area contributed by atoms with Crippen LogP contribution in [0.15, 0.2) is 54.1 Å². The number of anilines is 1. The lowest BCUT2D eigenvalue weighted by molar-refractivity contribution is -0.132. The Morgan fingerprint density at radius 2 is 1.54 bits per heavy atom. The van der Waals surface area contributed by atoms with Crippen LogP contribution in [0.2, 0.25) is 0 Å². The lowest BCUT2D eigenvalue weighted by Crippen LogP contribution is -2.29. The van der Waals surface area contributed by atoms with E-state index in [9.17, 15) is 14.7 Å². The summed E-state index contributed by atoms with van der Waals surface area (Å²) >= 11 is 1.23. The van der Waals surface area contributed by atoms with Gasteiger partial charge in [-0.15, -0.1) is 0 Å². The van der Waals surface area contributed by atoms with Gasteiger partial charge >= 0.3 is 5.91 Å². The van der Waals surface area contributed by atoms with Gasteiger partial charge in [0.05, 0.1) is 57.4 Å². The maximum atomic E-state index is 13.7. The SMILES string of the molecule is COc1ccc2nc(N3C(=O)C(=O)/C(=C(/O)c4ccc(OC)c(C)c4)[C@H]3c3cc(OC)c(OC)c(OC)c3)sc2c1. The third-order valence-electron chi connectivity index (χ3n) is 6.91. The zero-order valence-corrected chi connectivity index (χ0v) is 24.1. The number of Topliss-reactive ketones (excluding diaryl/α,β-unsaturated/α-hetero) is 1. The second-order valence-electron chi connectivity index (χ2n) is 9.14. The molecule has 5 rings (SSSR count). The molecule has 0 radical (unpaired) electrons. The molecule has 0 bridgehead atoms. The van der Waals surface area contributed by atoms with Crippen LogP contribution in [-0.4, -0.2) is 57.3 Å². The smallest absolute Gasteiger partial charge is 0.301 e. The average Bonchev–Trinajstić information content (AvgIpc) is 3.52. The Bertz CT molecular complexity index is 1690. The maximum Gasteiger partial charge on any atom is 0.301 e. The van der Waals surface area contributed by atoms with E-state index in [-0.39, 0.29) is 16.5 Å². The van der Waals surface area contributed by atoms with Crippen LogP contribution in [0.4, 0.5) is 5.13 Å². The normalized spacial score (nSPS) is 16.2. The Hall–Kier alpha value is -4.77. The van der Waals surface area contributed by atoms with Crippen LogP contribution < -0.4 is 28.6 Å². The molecule has 1 amide bonds. The molecule has 1 N–H and O–H groups in total. The molecule has 1 fully saturated rings. The van der Waals surface area contributed by atoms with E-state index in [0.29, 0.717) is 45.4 Å². The Balaban J connectivity index is 1.78. The van der Waals surface area contributed by atoms with E-state index >= 15 is 0 Å². The number of aliphatic hydroxyl groups is 1. The fourth-order valence-electron chi connectivity index (χ4n) is 4.91. The molecular formula is C30H28N2O8S. The van der Waals surface area contributed by atoms with Crippen molar-refractivity contribution in [3.05, 3.63) is 70.8 Å². The number of ether oxygens (including phenoxy) is 5. The van der Waals surface area contributed by atoms with Gasteiger partial charge in [0.25, 0.3) is 5.78 Å². The van der Waals surface area contributed by atoms with Crippen molar-refractivity contribution in [1.29, 1.82) is 0 Å². The summed E-state index contributed by atoms with van der Waals surface area (Å²) in [5.41, 5.74) is 2.07. The fraction of sp³-hybridized carbons (Fsp3) is 0.233. The van der Waals surface area contributed by atoms with Gasteiger partial charge in [-0.2, -0.15) is 0 Å². The van der Waals surface area contributed by atoms with Crippen molar-refractivity contribution in [3.8, 4) is 28.7 Å². The van der Waals surface area contributed by atoms with Crippen molar-refractivity contribution < 1.29 is 38.4 Å². The van der Waals surface area contributed by atoms with Crippen molar-refractivity contribution in [3.63, 3.8) is 0 Å². The summed E-state index contributed by atoms with van der Waals surface area (Å²) in [6.07, 6.45) is 0. The highest BCUT2D eigenvalue weighted by Crippen LogP contribution is 2.48. The number of amides is 1. The number of carbonyl (C=O) groups is 2. The molecule has 1 aliphatic rings. The minimum atomic E-state index is -1.06. The molecular weight excluding hydrogens is 548 g/mol. The molecule has 212 valence electrons. The van der Waals surface area contributed by atoms with Crippen LogP contribution in [0.1, 0.15) is 22.7 Å². The lowest BCUT2D eigenvalue weighted by Gasteiger charge is -2.24. The number of hydrogen-bond acceptors (Lipinski definition) is 10. The summed E-state index contributed by atoms with van der Waals surface area (Å²) in [4.78, 5) is 33.3. The van der Waals surface area contributed by atoms with Gasteiger partial charge in [0.1, 0.15) is 17.3 Å². The highest BCUT2D eigenvalue weighted by molar-refractivity contribution is 7.22. The number of carbonyl (C=O) groups excluding carboxylic acids is 2. The van der Waals surface area contributed by atoms with Crippen LogP contribution >= 0.6 is 11.3 Å². The monoisotopic (exact) mass is 576 g/mol. The first kappa shape index (κ1) is 27.8. The van der Waals surface area contributed by atoms with Gasteiger partial charge in [-0.1, -0.05) is 11.3 Å². The number of thiazole rings is 1. The zero-order valence-electron chi connectivity index (χ0n) is 23.3.